The van der Waals surface area contributed by atoms with Gasteiger partial charge in [0, 0.05) is 22.9 Å². The normalized spacial score (nSPS) is 10.4. The molecule has 1 N–H and O–H groups in total. The summed E-state index contributed by atoms with van der Waals surface area (Å²) < 4.78 is 10.7. The van der Waals surface area contributed by atoms with E-state index < -0.39 is 0 Å². The third-order valence-corrected chi connectivity index (χ3v) is 3.82. The van der Waals surface area contributed by atoms with Crippen molar-refractivity contribution in [1.82, 2.24) is 4.98 Å². The minimum Gasteiger partial charge on any atom is -0.496 e. The summed E-state index contributed by atoms with van der Waals surface area (Å²) >= 11 is 0. The summed E-state index contributed by atoms with van der Waals surface area (Å²) in [6, 6.07) is 17.6. The molecule has 0 saturated carbocycles. The van der Waals surface area contributed by atoms with Crippen LogP contribution in [0.4, 0.5) is 0 Å². The van der Waals surface area contributed by atoms with Gasteiger partial charge < -0.3 is 14.5 Å². The van der Waals surface area contributed by atoms with E-state index in [1.165, 1.54) is 0 Å². The van der Waals surface area contributed by atoms with Crippen molar-refractivity contribution in [3.05, 3.63) is 66.5 Å². The average molecular weight is 321 g/mol. The summed E-state index contributed by atoms with van der Waals surface area (Å²) in [5.41, 5.74) is 4.02. The molecule has 0 atom stereocenters. The van der Waals surface area contributed by atoms with Crippen LogP contribution in [0.15, 0.2) is 60.8 Å². The van der Waals surface area contributed by atoms with Gasteiger partial charge >= 0.3 is 5.97 Å². The predicted octanol–water partition coefficient (Wildman–Crippen LogP) is 4.53. The van der Waals surface area contributed by atoms with Gasteiger partial charge in [0.05, 0.1) is 13.7 Å². The van der Waals surface area contributed by atoms with Gasteiger partial charge in [-0.1, -0.05) is 48.5 Å². The number of aromatic nitrogens is 1. The minimum absolute atomic E-state index is 0.323. The molecule has 0 aliphatic heterocycles. The summed E-state index contributed by atoms with van der Waals surface area (Å²) in [5, 5.41) is 0. The number of para-hydroxylation sites is 1. The smallest absolute Gasteiger partial charge is 0.355 e. The zero-order valence-corrected chi connectivity index (χ0v) is 13.7. The average Bonchev–Trinajstić information content (AvgIpc) is 3.07. The lowest BCUT2D eigenvalue weighted by atomic mass is 9.96. The number of nitrogens with one attached hydrogen (secondary N) is 1. The molecule has 0 bridgehead atoms. The van der Waals surface area contributed by atoms with Crippen molar-refractivity contribution in [2.45, 2.75) is 6.92 Å². The molecule has 1 heterocycles. The highest BCUT2D eigenvalue weighted by atomic mass is 16.5. The Balaban J connectivity index is 2.24. The number of carbonyl (C=O) groups is 1. The van der Waals surface area contributed by atoms with Crippen LogP contribution in [-0.2, 0) is 4.74 Å². The molecule has 0 saturated heterocycles. The molecule has 24 heavy (non-hydrogen) atoms. The first-order valence-electron chi connectivity index (χ1n) is 7.83. The molecule has 0 radical (unpaired) electrons. The number of carbonyl (C=O) groups excluding carboxylic acids is 1. The molecule has 2 aromatic carbocycles. The van der Waals surface area contributed by atoms with Crippen molar-refractivity contribution in [1.29, 1.82) is 0 Å². The van der Waals surface area contributed by atoms with Gasteiger partial charge in [-0.3, -0.25) is 0 Å². The molecular formula is C20H19NO3. The standard InChI is InChI=1S/C20H19NO3/c1-3-24-20(22)19-18(15-11-7-8-12-17(15)23-2)16(13-21-19)14-9-5-4-6-10-14/h4-13,21H,3H2,1-2H3. The minimum atomic E-state index is -0.374. The quantitative estimate of drug-likeness (QED) is 0.702. The van der Waals surface area contributed by atoms with Crippen LogP contribution in [0.2, 0.25) is 0 Å². The van der Waals surface area contributed by atoms with Gasteiger partial charge in [-0.15, -0.1) is 0 Å². The third-order valence-electron chi connectivity index (χ3n) is 3.82. The predicted molar refractivity (Wildman–Crippen MR) is 94.2 cm³/mol. The maximum absolute atomic E-state index is 12.4. The van der Waals surface area contributed by atoms with Crippen molar-refractivity contribution < 1.29 is 14.3 Å². The molecular weight excluding hydrogens is 302 g/mol. The Morgan fingerprint density at radius 2 is 1.71 bits per heavy atom. The van der Waals surface area contributed by atoms with Gasteiger partial charge in [0.2, 0.25) is 0 Å². The topological polar surface area (TPSA) is 51.3 Å². The maximum Gasteiger partial charge on any atom is 0.355 e. The van der Waals surface area contributed by atoms with E-state index in [-0.39, 0.29) is 5.97 Å². The second-order valence-corrected chi connectivity index (χ2v) is 5.24. The first-order valence-corrected chi connectivity index (χ1v) is 7.83. The Hall–Kier alpha value is -3.01. The molecule has 0 aliphatic carbocycles. The van der Waals surface area contributed by atoms with Crippen molar-refractivity contribution in [3.8, 4) is 28.0 Å². The van der Waals surface area contributed by atoms with E-state index in [1.54, 1.807) is 14.0 Å². The highest BCUT2D eigenvalue weighted by Gasteiger charge is 2.23. The van der Waals surface area contributed by atoms with E-state index in [0.717, 1.165) is 22.3 Å². The summed E-state index contributed by atoms with van der Waals surface area (Å²) in [5.74, 6) is 0.334. The zero-order valence-electron chi connectivity index (χ0n) is 13.7. The Kier molecular flexibility index (Phi) is 4.66. The van der Waals surface area contributed by atoms with Crippen LogP contribution in [-0.4, -0.2) is 24.7 Å². The van der Waals surface area contributed by atoms with E-state index in [1.807, 2.05) is 60.8 Å². The third kappa shape index (κ3) is 2.91. The monoisotopic (exact) mass is 321 g/mol. The van der Waals surface area contributed by atoms with E-state index in [4.69, 9.17) is 9.47 Å². The van der Waals surface area contributed by atoms with Crippen LogP contribution in [0.1, 0.15) is 17.4 Å². The Labute approximate surface area is 141 Å². The maximum atomic E-state index is 12.4. The van der Waals surface area contributed by atoms with E-state index in [9.17, 15) is 4.79 Å². The lowest BCUT2D eigenvalue weighted by Crippen LogP contribution is -2.06. The second kappa shape index (κ2) is 7.04. The number of hydrogen-bond acceptors (Lipinski definition) is 3. The Bertz CT molecular complexity index is 837. The first-order chi connectivity index (χ1) is 11.8. The fourth-order valence-corrected chi connectivity index (χ4v) is 2.76. The molecule has 0 spiro atoms. The molecule has 1 aromatic heterocycles. The molecule has 0 unspecified atom stereocenters. The molecule has 0 amide bonds. The van der Waals surface area contributed by atoms with Crippen LogP contribution >= 0.6 is 0 Å². The fourth-order valence-electron chi connectivity index (χ4n) is 2.76. The van der Waals surface area contributed by atoms with Gasteiger partial charge in [-0.2, -0.15) is 0 Å². The van der Waals surface area contributed by atoms with E-state index in [0.29, 0.717) is 18.1 Å². The fraction of sp³-hybridized carbons (Fsp3) is 0.150. The number of H-pyrrole nitrogens is 1. The van der Waals surface area contributed by atoms with Crippen LogP contribution in [0.5, 0.6) is 5.75 Å². The number of ether oxygens (including phenoxy) is 2. The van der Waals surface area contributed by atoms with Crippen molar-refractivity contribution in [2.75, 3.05) is 13.7 Å². The van der Waals surface area contributed by atoms with E-state index >= 15 is 0 Å². The van der Waals surface area contributed by atoms with Gasteiger partial charge in [-0.25, -0.2) is 4.79 Å². The number of benzene rings is 2. The summed E-state index contributed by atoms with van der Waals surface area (Å²) in [4.78, 5) is 15.5. The van der Waals surface area contributed by atoms with Crippen molar-refractivity contribution >= 4 is 5.97 Å². The van der Waals surface area contributed by atoms with Crippen LogP contribution in [0, 0.1) is 0 Å². The second-order valence-electron chi connectivity index (χ2n) is 5.24. The van der Waals surface area contributed by atoms with Gasteiger partial charge in [0.25, 0.3) is 0 Å². The van der Waals surface area contributed by atoms with E-state index in [2.05, 4.69) is 4.98 Å². The summed E-state index contributed by atoms with van der Waals surface area (Å²) in [6.45, 7) is 2.12. The molecule has 3 rings (SSSR count). The number of aromatic amines is 1. The lowest BCUT2D eigenvalue weighted by Gasteiger charge is -2.12. The number of rotatable bonds is 5. The summed E-state index contributed by atoms with van der Waals surface area (Å²) in [6.07, 6.45) is 1.84. The first kappa shape index (κ1) is 15.9. The number of hydrogen-bond donors (Lipinski definition) is 1. The zero-order chi connectivity index (χ0) is 16.9. The summed E-state index contributed by atoms with van der Waals surface area (Å²) in [7, 11) is 1.62. The largest absolute Gasteiger partial charge is 0.496 e. The molecule has 4 nitrogen and oxygen atoms in total. The molecule has 0 fully saturated rings. The van der Waals surface area contributed by atoms with Gasteiger partial charge in [0.15, 0.2) is 0 Å². The lowest BCUT2D eigenvalue weighted by molar-refractivity contribution is 0.0521. The number of methoxy groups -OCH3 is 1. The number of esters is 1. The highest BCUT2D eigenvalue weighted by molar-refractivity contribution is 6.02. The van der Waals surface area contributed by atoms with Crippen molar-refractivity contribution in [3.63, 3.8) is 0 Å². The van der Waals surface area contributed by atoms with Crippen molar-refractivity contribution in [2.24, 2.45) is 0 Å². The molecule has 122 valence electrons. The highest BCUT2D eigenvalue weighted by Crippen LogP contribution is 2.39. The van der Waals surface area contributed by atoms with Crippen LogP contribution < -0.4 is 4.74 Å². The van der Waals surface area contributed by atoms with Crippen LogP contribution in [0.25, 0.3) is 22.3 Å². The van der Waals surface area contributed by atoms with Gasteiger partial charge in [-0.05, 0) is 18.6 Å². The Morgan fingerprint density at radius 3 is 2.42 bits per heavy atom. The van der Waals surface area contributed by atoms with Crippen LogP contribution in [0.3, 0.4) is 0 Å². The van der Waals surface area contributed by atoms with Gasteiger partial charge in [0.1, 0.15) is 11.4 Å². The SMILES string of the molecule is CCOC(=O)c1[nH]cc(-c2ccccc2)c1-c1ccccc1OC. The molecule has 4 heteroatoms. The molecule has 3 aromatic rings. The Morgan fingerprint density at radius 1 is 1.00 bits per heavy atom. The molecule has 0 aliphatic rings.